The molecule has 0 aliphatic heterocycles. The predicted octanol–water partition coefficient (Wildman–Crippen LogP) is 0.532. The van der Waals surface area contributed by atoms with Gasteiger partial charge in [-0.05, 0) is 25.3 Å². The van der Waals surface area contributed by atoms with Crippen molar-refractivity contribution >= 4 is 5.91 Å². The topological polar surface area (TPSA) is 81.1 Å². The molecule has 1 saturated carbocycles. The van der Waals surface area contributed by atoms with E-state index in [-0.39, 0.29) is 17.7 Å². The number of carbonyl (C=O) groups excluding carboxylic acids is 1. The van der Waals surface area contributed by atoms with E-state index in [0.717, 1.165) is 19.3 Å². The molecule has 2 rings (SSSR count). The Hall–Kier alpha value is -1.36. The molecule has 1 amide bonds. The standard InChI is InChI=1S/C10H15N3O2/c11-6-7-2-1-3-8(7)13-10(14)9-4-5-12-15-9/h4-5,7-8H,1-3,6,11H2,(H,13,14). The normalized spacial score (nSPS) is 25.4. The fraction of sp³-hybridized carbons (Fsp3) is 0.600. The van der Waals surface area contributed by atoms with E-state index in [1.807, 2.05) is 0 Å². The minimum atomic E-state index is -0.196. The van der Waals surface area contributed by atoms with Crippen LogP contribution in [0.3, 0.4) is 0 Å². The van der Waals surface area contributed by atoms with Crippen LogP contribution in [0, 0.1) is 5.92 Å². The lowest BCUT2D eigenvalue weighted by molar-refractivity contribution is 0.0891. The molecule has 0 saturated heterocycles. The Morgan fingerprint density at radius 2 is 2.53 bits per heavy atom. The first-order chi connectivity index (χ1) is 7.31. The third-order valence-electron chi connectivity index (χ3n) is 2.94. The molecule has 0 radical (unpaired) electrons. The lowest BCUT2D eigenvalue weighted by atomic mass is 10.0. The maximum atomic E-state index is 11.6. The number of rotatable bonds is 3. The zero-order valence-corrected chi connectivity index (χ0v) is 8.48. The average molecular weight is 209 g/mol. The number of aromatic nitrogens is 1. The molecule has 1 aromatic rings. The molecule has 5 heteroatoms. The molecule has 82 valence electrons. The van der Waals surface area contributed by atoms with Crippen LogP contribution in [0.1, 0.15) is 29.8 Å². The summed E-state index contributed by atoms with van der Waals surface area (Å²) in [6, 6.07) is 1.74. The zero-order chi connectivity index (χ0) is 10.7. The summed E-state index contributed by atoms with van der Waals surface area (Å²) in [5, 5.41) is 6.43. The van der Waals surface area contributed by atoms with E-state index in [1.54, 1.807) is 6.07 Å². The van der Waals surface area contributed by atoms with Gasteiger partial charge in [-0.3, -0.25) is 4.79 Å². The number of nitrogens with two attached hydrogens (primary N) is 1. The first kappa shape index (κ1) is 10.2. The maximum absolute atomic E-state index is 11.6. The molecule has 1 aromatic heterocycles. The largest absolute Gasteiger partial charge is 0.351 e. The van der Waals surface area contributed by atoms with Gasteiger partial charge in [-0.2, -0.15) is 0 Å². The quantitative estimate of drug-likeness (QED) is 0.761. The van der Waals surface area contributed by atoms with Gasteiger partial charge < -0.3 is 15.6 Å². The van der Waals surface area contributed by atoms with Crippen molar-refractivity contribution in [1.82, 2.24) is 10.5 Å². The Kier molecular flexibility index (Phi) is 3.01. The van der Waals surface area contributed by atoms with Gasteiger partial charge >= 0.3 is 0 Å². The van der Waals surface area contributed by atoms with Crippen molar-refractivity contribution in [3.63, 3.8) is 0 Å². The third-order valence-corrected chi connectivity index (χ3v) is 2.94. The van der Waals surface area contributed by atoms with Crippen molar-refractivity contribution in [3.8, 4) is 0 Å². The van der Waals surface area contributed by atoms with Gasteiger partial charge in [0.2, 0.25) is 5.76 Å². The fourth-order valence-corrected chi connectivity index (χ4v) is 2.08. The molecule has 2 unspecified atom stereocenters. The van der Waals surface area contributed by atoms with Gasteiger partial charge in [0.25, 0.3) is 5.91 Å². The van der Waals surface area contributed by atoms with Gasteiger partial charge in [-0.1, -0.05) is 11.6 Å². The molecule has 1 aliphatic rings. The lowest BCUT2D eigenvalue weighted by Crippen LogP contribution is -2.39. The van der Waals surface area contributed by atoms with E-state index >= 15 is 0 Å². The second-order valence-electron chi connectivity index (χ2n) is 3.88. The molecular weight excluding hydrogens is 194 g/mol. The Morgan fingerprint density at radius 1 is 1.67 bits per heavy atom. The Balaban J connectivity index is 1.94. The highest BCUT2D eigenvalue weighted by molar-refractivity contribution is 5.91. The highest BCUT2D eigenvalue weighted by atomic mass is 16.5. The summed E-state index contributed by atoms with van der Waals surface area (Å²) in [6.45, 7) is 0.626. The van der Waals surface area contributed by atoms with E-state index in [4.69, 9.17) is 10.3 Å². The number of hydrogen-bond acceptors (Lipinski definition) is 4. The smallest absolute Gasteiger partial charge is 0.290 e. The molecule has 0 spiro atoms. The second kappa shape index (κ2) is 4.44. The summed E-state index contributed by atoms with van der Waals surface area (Å²) in [5.74, 6) is 0.465. The summed E-state index contributed by atoms with van der Waals surface area (Å²) in [6.07, 6.45) is 4.69. The van der Waals surface area contributed by atoms with Crippen LogP contribution in [0.25, 0.3) is 0 Å². The maximum Gasteiger partial charge on any atom is 0.290 e. The van der Waals surface area contributed by atoms with Crippen LogP contribution < -0.4 is 11.1 Å². The average Bonchev–Trinajstić information content (AvgIpc) is 2.87. The molecule has 15 heavy (non-hydrogen) atoms. The summed E-state index contributed by atoms with van der Waals surface area (Å²) >= 11 is 0. The van der Waals surface area contributed by atoms with Crippen molar-refractivity contribution in [2.45, 2.75) is 25.3 Å². The van der Waals surface area contributed by atoms with Crippen LogP contribution in [0.5, 0.6) is 0 Å². The molecule has 0 aromatic carbocycles. The molecule has 0 bridgehead atoms. The molecule has 2 atom stereocenters. The van der Waals surface area contributed by atoms with Crippen LogP contribution in [-0.2, 0) is 0 Å². The number of nitrogens with one attached hydrogen (secondary N) is 1. The Morgan fingerprint density at radius 3 is 3.20 bits per heavy atom. The zero-order valence-electron chi connectivity index (χ0n) is 8.48. The van der Waals surface area contributed by atoms with Crippen LogP contribution >= 0.6 is 0 Å². The Bertz CT molecular complexity index is 323. The van der Waals surface area contributed by atoms with E-state index in [2.05, 4.69) is 10.5 Å². The Labute approximate surface area is 88.0 Å². The van der Waals surface area contributed by atoms with Crippen LogP contribution in [0.4, 0.5) is 0 Å². The predicted molar refractivity (Wildman–Crippen MR) is 54.2 cm³/mol. The molecule has 1 heterocycles. The molecular formula is C10H15N3O2. The number of carbonyl (C=O) groups is 1. The van der Waals surface area contributed by atoms with Gasteiger partial charge in [0.05, 0.1) is 6.20 Å². The fourth-order valence-electron chi connectivity index (χ4n) is 2.08. The molecule has 1 fully saturated rings. The van der Waals surface area contributed by atoms with Gasteiger partial charge in [0.1, 0.15) is 0 Å². The van der Waals surface area contributed by atoms with Gasteiger partial charge in [0, 0.05) is 12.1 Å². The first-order valence-corrected chi connectivity index (χ1v) is 5.23. The van der Waals surface area contributed by atoms with Crippen molar-refractivity contribution in [2.75, 3.05) is 6.54 Å². The van der Waals surface area contributed by atoms with Crippen molar-refractivity contribution < 1.29 is 9.32 Å². The first-order valence-electron chi connectivity index (χ1n) is 5.23. The minimum Gasteiger partial charge on any atom is -0.351 e. The van der Waals surface area contributed by atoms with E-state index in [0.29, 0.717) is 12.5 Å². The summed E-state index contributed by atoms with van der Waals surface area (Å²) in [4.78, 5) is 11.6. The highest BCUT2D eigenvalue weighted by Gasteiger charge is 2.28. The minimum absolute atomic E-state index is 0.188. The summed E-state index contributed by atoms with van der Waals surface area (Å²) in [5.41, 5.74) is 5.63. The molecule has 1 aliphatic carbocycles. The molecule has 5 nitrogen and oxygen atoms in total. The number of amides is 1. The number of hydrogen-bond donors (Lipinski definition) is 2. The van der Waals surface area contributed by atoms with Gasteiger partial charge in [-0.15, -0.1) is 0 Å². The van der Waals surface area contributed by atoms with Gasteiger partial charge in [0.15, 0.2) is 0 Å². The van der Waals surface area contributed by atoms with E-state index < -0.39 is 0 Å². The van der Waals surface area contributed by atoms with E-state index in [9.17, 15) is 4.79 Å². The second-order valence-corrected chi connectivity index (χ2v) is 3.88. The van der Waals surface area contributed by atoms with Gasteiger partial charge in [-0.25, -0.2) is 0 Å². The van der Waals surface area contributed by atoms with Crippen LogP contribution in [0.15, 0.2) is 16.8 Å². The SMILES string of the molecule is NCC1CCCC1NC(=O)c1ccno1. The molecule has 3 N–H and O–H groups in total. The summed E-state index contributed by atoms with van der Waals surface area (Å²) < 4.78 is 4.78. The van der Waals surface area contributed by atoms with E-state index in [1.165, 1.54) is 6.20 Å². The van der Waals surface area contributed by atoms with Crippen molar-refractivity contribution in [1.29, 1.82) is 0 Å². The highest BCUT2D eigenvalue weighted by Crippen LogP contribution is 2.24. The third kappa shape index (κ3) is 2.18. The van der Waals surface area contributed by atoms with Crippen LogP contribution in [0.2, 0.25) is 0 Å². The number of nitrogens with zero attached hydrogens (tertiary/aromatic N) is 1. The van der Waals surface area contributed by atoms with Crippen molar-refractivity contribution in [2.24, 2.45) is 11.7 Å². The lowest BCUT2D eigenvalue weighted by Gasteiger charge is -2.18. The van der Waals surface area contributed by atoms with Crippen molar-refractivity contribution in [3.05, 3.63) is 18.0 Å². The summed E-state index contributed by atoms with van der Waals surface area (Å²) in [7, 11) is 0. The monoisotopic (exact) mass is 209 g/mol. The van der Waals surface area contributed by atoms with Crippen LogP contribution in [-0.4, -0.2) is 23.7 Å².